The number of ether oxygens (including phenoxy) is 1. The Bertz CT molecular complexity index is 1310. The molecule has 3 heterocycles. The Morgan fingerprint density at radius 3 is 2.58 bits per heavy atom. The van der Waals surface area contributed by atoms with Gasteiger partial charge in [-0.15, -0.1) is 0 Å². The van der Waals surface area contributed by atoms with Crippen LogP contribution in [0.3, 0.4) is 0 Å². The smallest absolute Gasteiger partial charge is 0.257 e. The van der Waals surface area contributed by atoms with Crippen molar-refractivity contribution in [1.82, 2.24) is 25.5 Å². The lowest BCUT2D eigenvalue weighted by Gasteiger charge is -2.30. The molecule has 2 aliphatic rings. The molecule has 0 unspecified atom stereocenters. The average molecular weight is 515 g/mol. The van der Waals surface area contributed by atoms with Gasteiger partial charge in [-0.3, -0.25) is 14.4 Å². The summed E-state index contributed by atoms with van der Waals surface area (Å²) in [7, 11) is 0. The van der Waals surface area contributed by atoms with Crippen molar-refractivity contribution in [3.8, 4) is 5.75 Å². The summed E-state index contributed by atoms with van der Waals surface area (Å²) in [5, 5.41) is 8.95. The number of carbonyl (C=O) groups is 3. The van der Waals surface area contributed by atoms with Crippen molar-refractivity contribution in [3.63, 3.8) is 0 Å². The lowest BCUT2D eigenvalue weighted by atomic mass is 10.1. The number of carbonyl (C=O) groups excluding carboxylic acids is 3. The second-order valence-corrected chi connectivity index (χ2v) is 9.48. The Morgan fingerprint density at radius 1 is 1.03 bits per heavy atom. The van der Waals surface area contributed by atoms with Gasteiger partial charge >= 0.3 is 0 Å². The van der Waals surface area contributed by atoms with E-state index < -0.39 is 0 Å². The summed E-state index contributed by atoms with van der Waals surface area (Å²) in [6.07, 6.45) is 4.45. The number of nitrogens with one attached hydrogen (secondary N) is 3. The fourth-order valence-corrected chi connectivity index (χ4v) is 4.84. The van der Waals surface area contributed by atoms with E-state index in [1.54, 1.807) is 17.0 Å². The number of benzene rings is 2. The summed E-state index contributed by atoms with van der Waals surface area (Å²) in [5.74, 6) is 0.315. The Balaban J connectivity index is 1.35. The third kappa shape index (κ3) is 5.74. The van der Waals surface area contributed by atoms with Crippen LogP contribution in [-0.2, 0) is 4.79 Å². The molecule has 3 N–H and O–H groups in total. The van der Waals surface area contributed by atoms with E-state index in [2.05, 4.69) is 25.9 Å². The molecule has 196 valence electrons. The first kappa shape index (κ1) is 25.2. The topological polar surface area (TPSA) is 126 Å². The van der Waals surface area contributed by atoms with E-state index in [1.165, 1.54) is 12.4 Å². The van der Waals surface area contributed by atoms with Crippen LogP contribution in [0.25, 0.3) is 0 Å². The summed E-state index contributed by atoms with van der Waals surface area (Å²) >= 11 is 0. The second kappa shape index (κ2) is 11.3. The Morgan fingerprint density at radius 2 is 1.79 bits per heavy atom. The van der Waals surface area contributed by atoms with E-state index in [4.69, 9.17) is 4.74 Å². The third-order valence-corrected chi connectivity index (χ3v) is 6.83. The van der Waals surface area contributed by atoms with E-state index in [0.29, 0.717) is 42.2 Å². The number of aryl methyl sites for hydroxylation is 1. The molecule has 0 aliphatic carbocycles. The van der Waals surface area contributed by atoms with Gasteiger partial charge in [-0.25, -0.2) is 9.97 Å². The second-order valence-electron chi connectivity index (χ2n) is 9.48. The maximum absolute atomic E-state index is 13.7. The molecule has 4 bridgehead atoms. The van der Waals surface area contributed by atoms with Crippen LogP contribution in [0, 0.1) is 6.92 Å². The zero-order valence-electron chi connectivity index (χ0n) is 21.1. The molecular formula is C28H30N6O4. The first-order chi connectivity index (χ1) is 18.5. The number of aromatic nitrogens is 2. The molecule has 2 aromatic carbocycles. The summed E-state index contributed by atoms with van der Waals surface area (Å²) in [6, 6.07) is 14.2. The highest BCUT2D eigenvalue weighted by Crippen LogP contribution is 2.29. The highest BCUT2D eigenvalue weighted by atomic mass is 16.5. The first-order valence-electron chi connectivity index (χ1n) is 12.7. The maximum atomic E-state index is 13.7. The fourth-order valence-electron chi connectivity index (χ4n) is 4.84. The van der Waals surface area contributed by atoms with Crippen molar-refractivity contribution in [3.05, 3.63) is 77.6 Å². The van der Waals surface area contributed by atoms with Crippen molar-refractivity contribution in [2.24, 2.45) is 0 Å². The lowest BCUT2D eigenvalue weighted by Crippen LogP contribution is -2.48. The summed E-state index contributed by atoms with van der Waals surface area (Å²) in [5.41, 5.74) is 2.54. The molecule has 10 heteroatoms. The highest BCUT2D eigenvalue weighted by molar-refractivity contribution is 5.96. The number of hydrogen-bond donors (Lipinski definition) is 3. The molecule has 5 rings (SSSR count). The fraction of sp³-hybridized carbons (Fsp3) is 0.321. The highest BCUT2D eigenvalue weighted by Gasteiger charge is 2.38. The number of amides is 3. The number of para-hydroxylation sites is 1. The van der Waals surface area contributed by atoms with Crippen molar-refractivity contribution < 1.29 is 19.1 Å². The number of fused-ring (bicyclic) bond motifs is 4. The minimum atomic E-state index is -0.305. The van der Waals surface area contributed by atoms with E-state index in [9.17, 15) is 14.4 Å². The molecule has 2 aliphatic heterocycles. The molecule has 0 radical (unpaired) electrons. The largest absolute Gasteiger partial charge is 0.491 e. The zero-order chi connectivity index (χ0) is 26.5. The third-order valence-electron chi connectivity index (χ3n) is 6.83. The van der Waals surface area contributed by atoms with E-state index in [1.807, 2.05) is 43.3 Å². The Kier molecular flexibility index (Phi) is 7.48. The number of anilines is 2. The van der Waals surface area contributed by atoms with Crippen LogP contribution in [0.15, 0.2) is 60.9 Å². The number of nitrogens with zero attached hydrogens (tertiary/aromatic N) is 3. The van der Waals surface area contributed by atoms with Gasteiger partial charge in [-0.2, -0.15) is 0 Å². The Labute approximate surface area is 220 Å². The molecule has 1 fully saturated rings. The SMILES string of the molecule is Cc1ccc2cc1OCCNC(=O)C[C@@H]1CC[C@H](CNC2=O)N1C(=O)c1cnc(Nc2ccccc2)nc1. The van der Waals surface area contributed by atoms with Crippen molar-refractivity contribution in [2.45, 2.75) is 38.3 Å². The quantitative estimate of drug-likeness (QED) is 0.491. The predicted octanol–water partition coefficient (Wildman–Crippen LogP) is 2.83. The van der Waals surface area contributed by atoms with Crippen LogP contribution in [0.2, 0.25) is 0 Å². The zero-order valence-corrected chi connectivity index (χ0v) is 21.1. The van der Waals surface area contributed by atoms with Gasteiger partial charge in [-0.1, -0.05) is 24.3 Å². The van der Waals surface area contributed by atoms with Gasteiger partial charge < -0.3 is 25.6 Å². The molecule has 1 saturated heterocycles. The molecule has 0 spiro atoms. The molecule has 0 saturated carbocycles. The van der Waals surface area contributed by atoms with E-state index in [-0.39, 0.29) is 49.4 Å². The number of hydrogen-bond acceptors (Lipinski definition) is 7. The standard InChI is InChI=1S/C28H30N6O4/c1-18-7-8-19-13-24(18)38-12-11-29-25(35)14-22-9-10-23(17-30-26(19)36)34(22)27(37)20-15-31-28(32-16-20)33-21-5-3-2-4-6-21/h2-8,13,15-16,22-23H,9-12,14,17H2,1H3,(H,29,35)(H,30,36)(H,31,32,33)/t22-,23+/m0/s1. The van der Waals surface area contributed by atoms with Gasteiger partial charge in [0.15, 0.2) is 0 Å². The van der Waals surface area contributed by atoms with Crippen molar-refractivity contribution >= 4 is 29.4 Å². The first-order valence-corrected chi connectivity index (χ1v) is 12.7. The summed E-state index contributed by atoms with van der Waals surface area (Å²) < 4.78 is 5.80. The van der Waals surface area contributed by atoms with Gasteiger partial charge in [0.05, 0.1) is 12.1 Å². The van der Waals surface area contributed by atoms with Gasteiger partial charge in [-0.05, 0) is 49.6 Å². The van der Waals surface area contributed by atoms with Crippen molar-refractivity contribution in [1.29, 1.82) is 0 Å². The normalized spacial score (nSPS) is 19.9. The summed E-state index contributed by atoms with van der Waals surface area (Å²) in [4.78, 5) is 49.6. The van der Waals surface area contributed by atoms with Crippen LogP contribution in [0.1, 0.15) is 45.5 Å². The van der Waals surface area contributed by atoms with Crippen LogP contribution >= 0.6 is 0 Å². The Hall–Kier alpha value is -4.47. The van der Waals surface area contributed by atoms with Crippen LogP contribution in [0.4, 0.5) is 11.6 Å². The van der Waals surface area contributed by atoms with E-state index >= 15 is 0 Å². The molecule has 10 nitrogen and oxygen atoms in total. The predicted molar refractivity (Wildman–Crippen MR) is 141 cm³/mol. The molecular weight excluding hydrogens is 484 g/mol. The van der Waals surface area contributed by atoms with E-state index in [0.717, 1.165) is 11.3 Å². The van der Waals surface area contributed by atoms with Crippen LogP contribution in [-0.4, -0.2) is 64.4 Å². The lowest BCUT2D eigenvalue weighted by molar-refractivity contribution is -0.122. The minimum Gasteiger partial charge on any atom is -0.491 e. The van der Waals surface area contributed by atoms with Gasteiger partial charge in [0.25, 0.3) is 11.8 Å². The average Bonchev–Trinajstić information content (AvgIpc) is 3.32. The summed E-state index contributed by atoms with van der Waals surface area (Å²) in [6.45, 7) is 2.76. The minimum absolute atomic E-state index is 0.153. The maximum Gasteiger partial charge on any atom is 0.257 e. The molecule has 3 amide bonds. The van der Waals surface area contributed by atoms with Crippen LogP contribution in [0.5, 0.6) is 5.75 Å². The molecule has 2 atom stereocenters. The molecule has 38 heavy (non-hydrogen) atoms. The van der Waals surface area contributed by atoms with Gasteiger partial charge in [0, 0.05) is 48.7 Å². The van der Waals surface area contributed by atoms with Crippen molar-refractivity contribution in [2.75, 3.05) is 25.0 Å². The van der Waals surface area contributed by atoms with Crippen LogP contribution < -0.4 is 20.7 Å². The monoisotopic (exact) mass is 514 g/mol. The molecule has 3 aromatic rings. The number of rotatable bonds is 3. The van der Waals surface area contributed by atoms with Gasteiger partial charge in [0.2, 0.25) is 11.9 Å². The van der Waals surface area contributed by atoms with Gasteiger partial charge in [0.1, 0.15) is 12.4 Å². The molecule has 1 aromatic heterocycles.